The highest BCUT2D eigenvalue weighted by molar-refractivity contribution is 5.42. The smallest absolute Gasteiger partial charge is 0.276 e. The molecule has 0 radical (unpaired) electrons. The van der Waals surface area contributed by atoms with Gasteiger partial charge in [-0.3, -0.25) is 20.2 Å². The molecule has 0 spiro atoms. The number of phenols is 1. The number of nitrogens with zero attached hydrogens (tertiary/aromatic N) is 2. The topological polar surface area (TPSA) is 107 Å². The normalized spacial score (nSPS) is 9.25. The van der Waals surface area contributed by atoms with Crippen LogP contribution in [-0.4, -0.2) is 15.0 Å². The Morgan fingerprint density at radius 1 is 0.900 bits per heavy atom. The van der Waals surface area contributed by atoms with E-state index in [1.807, 2.05) is 19.1 Å². The van der Waals surface area contributed by atoms with Crippen molar-refractivity contribution in [3.8, 4) is 5.75 Å². The monoisotopic (exact) mass is 276 g/mol. The van der Waals surface area contributed by atoms with Crippen LogP contribution in [-0.2, 0) is 0 Å². The highest BCUT2D eigenvalue weighted by atomic mass is 16.6. The first kappa shape index (κ1) is 15.1. The number of hydrogen-bond donors (Lipinski definition) is 1. The number of non-ortho nitro benzene ring substituents is 2. The van der Waals surface area contributed by atoms with E-state index in [1.165, 1.54) is 23.8 Å². The first-order valence-electron chi connectivity index (χ1n) is 5.54. The van der Waals surface area contributed by atoms with Crippen molar-refractivity contribution in [2.45, 2.75) is 6.92 Å². The van der Waals surface area contributed by atoms with Crippen LogP contribution in [0.4, 0.5) is 11.4 Å². The maximum absolute atomic E-state index is 10.2. The van der Waals surface area contributed by atoms with Crippen LogP contribution >= 0.6 is 0 Å². The lowest BCUT2D eigenvalue weighted by Crippen LogP contribution is -1.91. The molecule has 0 unspecified atom stereocenters. The Hall–Kier alpha value is -2.96. The Kier molecular flexibility index (Phi) is 5.16. The zero-order chi connectivity index (χ0) is 15.1. The maximum Gasteiger partial charge on any atom is 0.276 e. The van der Waals surface area contributed by atoms with Crippen LogP contribution in [0.25, 0.3) is 0 Å². The third-order valence-electron chi connectivity index (χ3n) is 2.29. The SMILES string of the molecule is Cc1ccc(O)cc1.O=[N+]([O-])c1cccc([N+](=O)[O-])c1. The Labute approximate surface area is 114 Å². The van der Waals surface area contributed by atoms with Crippen LogP contribution in [0.5, 0.6) is 5.75 Å². The van der Waals surface area contributed by atoms with Crippen molar-refractivity contribution >= 4 is 11.4 Å². The zero-order valence-corrected chi connectivity index (χ0v) is 10.6. The van der Waals surface area contributed by atoms with Gasteiger partial charge in [0.15, 0.2) is 0 Å². The van der Waals surface area contributed by atoms with Crippen molar-refractivity contribution in [3.63, 3.8) is 0 Å². The van der Waals surface area contributed by atoms with Crippen molar-refractivity contribution < 1.29 is 15.0 Å². The van der Waals surface area contributed by atoms with Crippen molar-refractivity contribution in [1.82, 2.24) is 0 Å². The van der Waals surface area contributed by atoms with Crippen molar-refractivity contribution in [3.05, 3.63) is 74.3 Å². The molecule has 0 aliphatic carbocycles. The zero-order valence-electron chi connectivity index (χ0n) is 10.6. The summed E-state index contributed by atoms with van der Waals surface area (Å²) in [5.41, 5.74) is 0.621. The van der Waals surface area contributed by atoms with Gasteiger partial charge in [-0.1, -0.05) is 17.7 Å². The number of hydrogen-bond acceptors (Lipinski definition) is 5. The predicted octanol–water partition coefficient (Wildman–Crippen LogP) is 3.20. The Morgan fingerprint density at radius 3 is 1.70 bits per heavy atom. The number of aromatic hydroxyl groups is 1. The largest absolute Gasteiger partial charge is 0.508 e. The number of aryl methyl sites for hydroxylation is 1. The second-order valence-electron chi connectivity index (χ2n) is 3.87. The van der Waals surface area contributed by atoms with E-state index in [9.17, 15) is 20.2 Å². The minimum absolute atomic E-state index is 0.274. The molecule has 0 aliphatic rings. The van der Waals surface area contributed by atoms with Gasteiger partial charge in [-0.15, -0.1) is 0 Å². The van der Waals surface area contributed by atoms with E-state index in [0.29, 0.717) is 5.75 Å². The third-order valence-corrected chi connectivity index (χ3v) is 2.29. The van der Waals surface area contributed by atoms with E-state index in [4.69, 9.17) is 5.11 Å². The van der Waals surface area contributed by atoms with Gasteiger partial charge in [0.25, 0.3) is 11.4 Å². The lowest BCUT2D eigenvalue weighted by Gasteiger charge is -1.90. The van der Waals surface area contributed by atoms with Gasteiger partial charge in [0.1, 0.15) is 5.75 Å². The van der Waals surface area contributed by atoms with E-state index in [0.717, 1.165) is 6.07 Å². The van der Waals surface area contributed by atoms with E-state index in [-0.39, 0.29) is 11.4 Å². The molecule has 20 heavy (non-hydrogen) atoms. The molecule has 2 aromatic carbocycles. The molecular formula is C13H12N2O5. The molecule has 0 saturated heterocycles. The van der Waals surface area contributed by atoms with Crippen LogP contribution < -0.4 is 0 Å². The molecular weight excluding hydrogens is 264 g/mol. The third kappa shape index (κ3) is 4.73. The Morgan fingerprint density at radius 2 is 1.35 bits per heavy atom. The molecule has 2 aromatic rings. The van der Waals surface area contributed by atoms with Crippen LogP contribution in [0.1, 0.15) is 5.56 Å². The van der Waals surface area contributed by atoms with Gasteiger partial charge in [-0.25, -0.2) is 0 Å². The van der Waals surface area contributed by atoms with Crippen LogP contribution in [0.15, 0.2) is 48.5 Å². The quantitative estimate of drug-likeness (QED) is 0.669. The fourth-order valence-electron chi connectivity index (χ4n) is 1.26. The molecule has 0 saturated carbocycles. The number of rotatable bonds is 2. The summed E-state index contributed by atoms with van der Waals surface area (Å²) < 4.78 is 0. The van der Waals surface area contributed by atoms with Gasteiger partial charge in [-0.2, -0.15) is 0 Å². The van der Waals surface area contributed by atoms with E-state index < -0.39 is 9.85 Å². The molecule has 0 aromatic heterocycles. The summed E-state index contributed by atoms with van der Waals surface area (Å²) in [4.78, 5) is 19.0. The number of nitro groups is 2. The van der Waals surface area contributed by atoms with Crippen molar-refractivity contribution in [1.29, 1.82) is 0 Å². The molecule has 0 bridgehead atoms. The molecule has 7 nitrogen and oxygen atoms in total. The molecule has 1 N–H and O–H groups in total. The second kappa shape index (κ2) is 6.83. The lowest BCUT2D eigenvalue weighted by molar-refractivity contribution is -0.394. The summed E-state index contributed by atoms with van der Waals surface area (Å²) in [5, 5.41) is 29.1. The van der Waals surface area contributed by atoms with Gasteiger partial charge in [0.05, 0.1) is 15.9 Å². The standard InChI is InChI=1S/C7H8O.C6H4N2O4/c1-6-2-4-7(8)5-3-6;9-7(10)5-2-1-3-6(4-5)8(11)12/h2-5,8H,1H3;1-4H. The average molecular weight is 276 g/mol. The van der Waals surface area contributed by atoms with E-state index in [1.54, 1.807) is 12.1 Å². The summed E-state index contributed by atoms with van der Waals surface area (Å²) in [6.45, 7) is 1.99. The predicted molar refractivity (Wildman–Crippen MR) is 72.6 cm³/mol. The fourth-order valence-corrected chi connectivity index (χ4v) is 1.26. The summed E-state index contributed by atoms with van der Waals surface area (Å²) in [7, 11) is 0. The van der Waals surface area contributed by atoms with Crippen LogP contribution in [0, 0.1) is 27.2 Å². The summed E-state index contributed by atoms with van der Waals surface area (Å²) in [5.74, 6) is 0.329. The van der Waals surface area contributed by atoms with Crippen LogP contribution in [0.3, 0.4) is 0 Å². The van der Waals surface area contributed by atoms with Gasteiger partial charge >= 0.3 is 0 Å². The molecule has 0 heterocycles. The van der Waals surface area contributed by atoms with E-state index in [2.05, 4.69) is 0 Å². The fraction of sp³-hybridized carbons (Fsp3) is 0.0769. The van der Waals surface area contributed by atoms with Gasteiger partial charge < -0.3 is 5.11 Å². The molecule has 0 aliphatic heterocycles. The highest BCUT2D eigenvalue weighted by Crippen LogP contribution is 2.18. The molecule has 7 heteroatoms. The Bertz CT molecular complexity index is 560. The van der Waals surface area contributed by atoms with Crippen LogP contribution in [0.2, 0.25) is 0 Å². The minimum atomic E-state index is -0.674. The maximum atomic E-state index is 10.2. The molecule has 2 rings (SSSR count). The number of nitro benzene ring substituents is 2. The van der Waals surface area contributed by atoms with Gasteiger partial charge in [-0.05, 0) is 25.1 Å². The lowest BCUT2D eigenvalue weighted by atomic mass is 10.2. The molecule has 0 atom stereocenters. The first-order chi connectivity index (χ1) is 9.40. The Balaban J connectivity index is 0.000000217. The van der Waals surface area contributed by atoms with Gasteiger partial charge in [0.2, 0.25) is 0 Å². The molecule has 0 amide bonds. The molecule has 104 valence electrons. The summed E-state index contributed by atoms with van der Waals surface area (Å²) >= 11 is 0. The summed E-state index contributed by atoms with van der Waals surface area (Å²) in [6.07, 6.45) is 0. The molecule has 0 fully saturated rings. The summed E-state index contributed by atoms with van der Waals surface area (Å²) in [6, 6.07) is 11.7. The number of benzene rings is 2. The van der Waals surface area contributed by atoms with Crippen molar-refractivity contribution in [2.24, 2.45) is 0 Å². The van der Waals surface area contributed by atoms with Gasteiger partial charge in [0, 0.05) is 12.1 Å². The van der Waals surface area contributed by atoms with Crippen molar-refractivity contribution in [2.75, 3.05) is 0 Å². The highest BCUT2D eigenvalue weighted by Gasteiger charge is 2.11. The van der Waals surface area contributed by atoms with E-state index >= 15 is 0 Å². The average Bonchev–Trinajstić information content (AvgIpc) is 2.43. The minimum Gasteiger partial charge on any atom is -0.508 e. The second-order valence-corrected chi connectivity index (χ2v) is 3.87. The first-order valence-corrected chi connectivity index (χ1v) is 5.54. The number of phenolic OH excluding ortho intramolecular Hbond substituents is 1.